The van der Waals surface area contributed by atoms with Gasteiger partial charge in [-0.1, -0.05) is 6.92 Å². The number of hydrogen-bond acceptors (Lipinski definition) is 5. The topological polar surface area (TPSA) is 139 Å². The third-order valence-electron chi connectivity index (χ3n) is 4.60. The van der Waals surface area contributed by atoms with Gasteiger partial charge in [-0.3, -0.25) is 14.4 Å². The molecule has 3 amide bonds. The number of carbonyl (C=O) groups excluding carboxylic acids is 3. The van der Waals surface area contributed by atoms with Crippen molar-refractivity contribution in [3.05, 3.63) is 0 Å². The van der Waals surface area contributed by atoms with Crippen LogP contribution < -0.4 is 16.8 Å². The average molecular weight is 284 g/mol. The molecule has 20 heavy (non-hydrogen) atoms. The number of nitrogens with one attached hydrogen (secondary N) is 1. The summed E-state index contributed by atoms with van der Waals surface area (Å²) < 4.78 is 0. The Labute approximate surface area is 116 Å². The summed E-state index contributed by atoms with van der Waals surface area (Å²) in [7, 11) is 0. The predicted molar refractivity (Wildman–Crippen MR) is 69.0 cm³/mol. The van der Waals surface area contributed by atoms with E-state index in [4.69, 9.17) is 11.5 Å². The summed E-state index contributed by atoms with van der Waals surface area (Å²) in [6.07, 6.45) is -1.09. The zero-order valence-corrected chi connectivity index (χ0v) is 11.7. The Morgan fingerprint density at radius 2 is 2.00 bits per heavy atom. The number of rotatable bonds is 3. The van der Waals surface area contributed by atoms with Gasteiger partial charge < -0.3 is 26.8 Å². The Morgan fingerprint density at radius 3 is 2.30 bits per heavy atom. The fourth-order valence-corrected chi connectivity index (χ4v) is 3.34. The van der Waals surface area contributed by atoms with Gasteiger partial charge in [0.15, 0.2) is 0 Å². The highest BCUT2D eigenvalue weighted by molar-refractivity contribution is 6.04. The third-order valence-corrected chi connectivity index (χ3v) is 4.60. The molecule has 0 aromatic rings. The smallest absolute Gasteiger partial charge is 0.251 e. The molecule has 0 aromatic carbocycles. The Morgan fingerprint density at radius 1 is 1.45 bits per heavy atom. The first kappa shape index (κ1) is 14.7. The maximum Gasteiger partial charge on any atom is 0.251 e. The molecule has 0 radical (unpaired) electrons. The summed E-state index contributed by atoms with van der Waals surface area (Å²) in [6, 6.07) is -2.33. The molecule has 2 rings (SSSR count). The second kappa shape index (κ2) is 4.42. The van der Waals surface area contributed by atoms with Gasteiger partial charge in [0, 0.05) is 5.92 Å². The van der Waals surface area contributed by atoms with Gasteiger partial charge in [0.05, 0.1) is 18.2 Å². The monoisotopic (exact) mass is 284 g/mol. The number of hydrogen-bond donors (Lipinski definition) is 4. The van der Waals surface area contributed by atoms with E-state index in [1.807, 2.05) is 0 Å². The Balaban J connectivity index is 2.31. The van der Waals surface area contributed by atoms with Crippen molar-refractivity contribution in [1.82, 2.24) is 10.2 Å². The van der Waals surface area contributed by atoms with Crippen LogP contribution in [-0.2, 0) is 14.4 Å². The number of amides is 3. The first-order chi connectivity index (χ1) is 9.16. The molecule has 2 fully saturated rings. The second-order valence-corrected chi connectivity index (χ2v) is 5.65. The minimum atomic E-state index is -1.11. The van der Waals surface area contributed by atoms with Crippen LogP contribution in [-0.4, -0.2) is 57.5 Å². The highest BCUT2D eigenvalue weighted by atomic mass is 16.3. The number of likely N-dealkylation sites (tertiary alicyclic amines) is 1. The van der Waals surface area contributed by atoms with Crippen LogP contribution in [0.15, 0.2) is 0 Å². The van der Waals surface area contributed by atoms with Crippen LogP contribution in [0.3, 0.4) is 0 Å². The third kappa shape index (κ3) is 1.58. The van der Waals surface area contributed by atoms with E-state index in [0.29, 0.717) is 0 Å². The molecule has 8 nitrogen and oxygen atoms in total. The van der Waals surface area contributed by atoms with Gasteiger partial charge in [-0.2, -0.15) is 0 Å². The fourth-order valence-electron chi connectivity index (χ4n) is 3.34. The highest BCUT2D eigenvalue weighted by Gasteiger charge is 2.69. The quantitative estimate of drug-likeness (QED) is 0.417. The fraction of sp³-hybridized carbons (Fsp3) is 0.750. The summed E-state index contributed by atoms with van der Waals surface area (Å²) in [4.78, 5) is 36.8. The van der Waals surface area contributed by atoms with E-state index < -0.39 is 47.5 Å². The van der Waals surface area contributed by atoms with Gasteiger partial charge in [0.25, 0.3) is 5.91 Å². The molecule has 2 heterocycles. The predicted octanol–water partition coefficient (Wildman–Crippen LogP) is -2.72. The summed E-state index contributed by atoms with van der Waals surface area (Å²) >= 11 is 0. The zero-order valence-electron chi connectivity index (χ0n) is 11.7. The van der Waals surface area contributed by atoms with E-state index in [1.165, 1.54) is 11.8 Å². The summed E-state index contributed by atoms with van der Waals surface area (Å²) in [5.74, 6) is -1.99. The molecular weight excluding hydrogens is 264 g/mol. The SMILES string of the molecule is CC1C(N)C(=O)NC12C(=O)N([C@H](C(N)=O)[C@@H](C)O)C2C. The average Bonchev–Trinajstić information content (AvgIpc) is 2.60. The highest BCUT2D eigenvalue weighted by Crippen LogP contribution is 2.43. The molecule has 0 aliphatic carbocycles. The lowest BCUT2D eigenvalue weighted by Gasteiger charge is -2.57. The van der Waals surface area contributed by atoms with Crippen LogP contribution in [0, 0.1) is 5.92 Å². The number of carbonyl (C=O) groups is 3. The van der Waals surface area contributed by atoms with E-state index in [9.17, 15) is 19.5 Å². The van der Waals surface area contributed by atoms with Gasteiger partial charge in [-0.15, -0.1) is 0 Å². The molecule has 1 spiro atoms. The molecule has 6 N–H and O–H groups in total. The number of aliphatic hydroxyl groups excluding tert-OH is 1. The summed E-state index contributed by atoms with van der Waals surface area (Å²) in [5, 5.41) is 12.3. The first-order valence-corrected chi connectivity index (χ1v) is 6.54. The van der Waals surface area contributed by atoms with Crippen molar-refractivity contribution >= 4 is 17.7 Å². The standard InChI is InChI=1S/C12H20N4O4/c1-4-7(13)10(19)15-12(4)6(3)16(11(12)20)8(5(2)17)9(14)18/h4-8,17H,13H2,1-3H3,(H2,14,18)(H,15,19)/t4?,5-,6?,7?,8+,12?/m1/s1. The molecule has 2 aliphatic rings. The Kier molecular flexibility index (Phi) is 3.26. The largest absolute Gasteiger partial charge is 0.391 e. The van der Waals surface area contributed by atoms with Gasteiger partial charge in [0.2, 0.25) is 11.8 Å². The molecule has 6 atom stereocenters. The van der Waals surface area contributed by atoms with Crippen LogP contribution in [0.1, 0.15) is 20.8 Å². The lowest BCUT2D eigenvalue weighted by atomic mass is 9.70. The number of nitrogens with two attached hydrogens (primary N) is 2. The molecule has 112 valence electrons. The Hall–Kier alpha value is -1.67. The number of aliphatic hydroxyl groups is 1. The molecule has 8 heteroatoms. The number of primary amides is 1. The molecular formula is C12H20N4O4. The zero-order chi connectivity index (χ0) is 15.4. The normalized spacial score (nSPS) is 39.5. The van der Waals surface area contributed by atoms with Crippen LogP contribution in [0.5, 0.6) is 0 Å². The lowest BCUT2D eigenvalue weighted by molar-refractivity contribution is -0.176. The van der Waals surface area contributed by atoms with E-state index in [2.05, 4.69) is 5.32 Å². The molecule has 0 aromatic heterocycles. The second-order valence-electron chi connectivity index (χ2n) is 5.65. The van der Waals surface area contributed by atoms with Crippen molar-refractivity contribution in [3.63, 3.8) is 0 Å². The van der Waals surface area contributed by atoms with Gasteiger partial charge >= 0.3 is 0 Å². The van der Waals surface area contributed by atoms with Crippen molar-refractivity contribution < 1.29 is 19.5 Å². The van der Waals surface area contributed by atoms with E-state index in [-0.39, 0.29) is 5.91 Å². The minimum Gasteiger partial charge on any atom is -0.391 e. The van der Waals surface area contributed by atoms with E-state index in [1.54, 1.807) is 13.8 Å². The Bertz CT molecular complexity index is 480. The van der Waals surface area contributed by atoms with Crippen LogP contribution in [0.25, 0.3) is 0 Å². The molecule has 0 saturated carbocycles. The van der Waals surface area contributed by atoms with Crippen LogP contribution >= 0.6 is 0 Å². The van der Waals surface area contributed by atoms with Crippen LogP contribution in [0.4, 0.5) is 0 Å². The van der Waals surface area contributed by atoms with Crippen molar-refractivity contribution in [2.45, 2.75) is 50.5 Å². The van der Waals surface area contributed by atoms with Gasteiger partial charge in [-0.05, 0) is 13.8 Å². The van der Waals surface area contributed by atoms with E-state index >= 15 is 0 Å². The number of nitrogens with zero attached hydrogens (tertiary/aromatic N) is 1. The number of β-lactam (4-membered cyclic amide) rings is 1. The lowest BCUT2D eigenvalue weighted by Crippen LogP contribution is -2.82. The van der Waals surface area contributed by atoms with Crippen molar-refractivity contribution in [1.29, 1.82) is 0 Å². The van der Waals surface area contributed by atoms with E-state index in [0.717, 1.165) is 0 Å². The minimum absolute atomic E-state index is 0.384. The maximum absolute atomic E-state index is 12.5. The molecule has 0 bridgehead atoms. The van der Waals surface area contributed by atoms with Crippen molar-refractivity contribution in [2.24, 2.45) is 17.4 Å². The molecule has 2 aliphatic heterocycles. The van der Waals surface area contributed by atoms with Crippen LogP contribution in [0.2, 0.25) is 0 Å². The molecule has 2 saturated heterocycles. The summed E-state index contributed by atoms with van der Waals surface area (Å²) in [5.41, 5.74) is 9.89. The summed E-state index contributed by atoms with van der Waals surface area (Å²) in [6.45, 7) is 4.81. The first-order valence-electron chi connectivity index (χ1n) is 6.54. The van der Waals surface area contributed by atoms with Gasteiger partial charge in [-0.25, -0.2) is 0 Å². The molecule has 4 unspecified atom stereocenters. The van der Waals surface area contributed by atoms with Crippen molar-refractivity contribution in [3.8, 4) is 0 Å². The van der Waals surface area contributed by atoms with Gasteiger partial charge in [0.1, 0.15) is 11.6 Å². The van der Waals surface area contributed by atoms with Crippen molar-refractivity contribution in [2.75, 3.05) is 0 Å². The maximum atomic E-state index is 12.5.